The quantitative estimate of drug-likeness (QED) is 0.792. The van der Waals surface area contributed by atoms with E-state index >= 15 is 0 Å². The van der Waals surface area contributed by atoms with Crippen molar-refractivity contribution in [2.24, 2.45) is 5.92 Å². The monoisotopic (exact) mass is 319 g/mol. The fraction of sp³-hybridized carbons (Fsp3) is 0.412. The number of esters is 1. The molecule has 0 fully saturated rings. The molecule has 0 aliphatic heterocycles. The van der Waals surface area contributed by atoms with Crippen LogP contribution in [0.1, 0.15) is 23.0 Å². The minimum absolute atomic E-state index is 0.249. The van der Waals surface area contributed by atoms with Crippen LogP contribution in [0.25, 0.3) is 11.0 Å². The molecule has 1 aromatic heterocycles. The first kappa shape index (κ1) is 16.9. The Hall–Kier alpha value is -2.50. The van der Waals surface area contributed by atoms with Crippen LogP contribution < -0.4 is 4.74 Å². The maximum Gasteiger partial charge on any atom is 0.310 e. The molecule has 1 amide bonds. The molecule has 0 aliphatic carbocycles. The van der Waals surface area contributed by atoms with Crippen molar-refractivity contribution in [1.29, 1.82) is 0 Å². The van der Waals surface area contributed by atoms with Crippen LogP contribution >= 0.6 is 0 Å². The summed E-state index contributed by atoms with van der Waals surface area (Å²) in [5.74, 6) is -0.211. The second kappa shape index (κ2) is 6.73. The van der Waals surface area contributed by atoms with Crippen LogP contribution in [0.2, 0.25) is 0 Å². The van der Waals surface area contributed by atoms with E-state index in [1.165, 1.54) is 12.0 Å². The number of carbonyl (C=O) groups excluding carboxylic acids is 2. The third-order valence-electron chi connectivity index (χ3n) is 3.84. The van der Waals surface area contributed by atoms with Gasteiger partial charge >= 0.3 is 5.97 Å². The predicted octanol–water partition coefficient (Wildman–Crippen LogP) is 2.63. The van der Waals surface area contributed by atoms with Gasteiger partial charge in [0.15, 0.2) is 17.1 Å². The van der Waals surface area contributed by atoms with Gasteiger partial charge in [-0.15, -0.1) is 0 Å². The Morgan fingerprint density at radius 1 is 1.30 bits per heavy atom. The molecule has 0 saturated heterocycles. The highest BCUT2D eigenvalue weighted by atomic mass is 16.5. The number of nitrogens with zero attached hydrogens (tertiary/aromatic N) is 1. The fourth-order valence-corrected chi connectivity index (χ4v) is 2.52. The van der Waals surface area contributed by atoms with Gasteiger partial charge in [0.05, 0.1) is 20.1 Å². The maximum absolute atomic E-state index is 12.6. The molecule has 124 valence electrons. The second-order valence-electron chi connectivity index (χ2n) is 5.50. The third-order valence-corrected chi connectivity index (χ3v) is 3.84. The average molecular weight is 319 g/mol. The number of amides is 1. The topological polar surface area (TPSA) is 69.0 Å². The van der Waals surface area contributed by atoms with Crippen LogP contribution in [-0.2, 0) is 9.53 Å². The van der Waals surface area contributed by atoms with Crippen LogP contribution in [0.4, 0.5) is 0 Å². The summed E-state index contributed by atoms with van der Waals surface area (Å²) in [5, 5.41) is 0.835. The zero-order chi connectivity index (χ0) is 17.1. The van der Waals surface area contributed by atoms with Crippen LogP contribution in [0.3, 0.4) is 0 Å². The third kappa shape index (κ3) is 3.16. The molecule has 0 aliphatic rings. The Labute approximate surface area is 135 Å². The van der Waals surface area contributed by atoms with E-state index in [0.29, 0.717) is 11.3 Å². The number of para-hydroxylation sites is 1. The second-order valence-corrected chi connectivity index (χ2v) is 5.50. The molecule has 0 saturated carbocycles. The highest BCUT2D eigenvalue weighted by Gasteiger charge is 2.25. The number of ether oxygens (including phenoxy) is 2. The zero-order valence-corrected chi connectivity index (χ0v) is 14.0. The summed E-state index contributed by atoms with van der Waals surface area (Å²) in [4.78, 5) is 25.6. The van der Waals surface area contributed by atoms with Gasteiger partial charge in [-0.2, -0.15) is 0 Å². The number of rotatable bonds is 5. The molecule has 1 heterocycles. The molecule has 6 nitrogen and oxygen atoms in total. The maximum atomic E-state index is 12.6. The largest absolute Gasteiger partial charge is 0.493 e. The van der Waals surface area contributed by atoms with Crippen molar-refractivity contribution >= 4 is 22.8 Å². The normalized spacial score (nSPS) is 12.0. The lowest BCUT2D eigenvalue weighted by atomic mass is 10.1. The number of furan rings is 1. The highest BCUT2D eigenvalue weighted by molar-refractivity contribution is 6.00. The molecule has 6 heteroatoms. The first-order chi connectivity index (χ1) is 10.9. The van der Waals surface area contributed by atoms with Crippen LogP contribution in [0, 0.1) is 12.8 Å². The van der Waals surface area contributed by atoms with Crippen molar-refractivity contribution in [2.45, 2.75) is 13.8 Å². The van der Waals surface area contributed by atoms with Gasteiger partial charge in [-0.1, -0.05) is 19.1 Å². The van der Waals surface area contributed by atoms with E-state index in [-0.39, 0.29) is 24.2 Å². The van der Waals surface area contributed by atoms with Gasteiger partial charge in [0.2, 0.25) is 0 Å². The van der Waals surface area contributed by atoms with E-state index in [1.54, 1.807) is 27.1 Å². The van der Waals surface area contributed by atoms with Crippen LogP contribution in [0.15, 0.2) is 22.6 Å². The molecule has 2 rings (SSSR count). The lowest BCUT2D eigenvalue weighted by Gasteiger charge is -2.19. The minimum Gasteiger partial charge on any atom is -0.493 e. The predicted molar refractivity (Wildman–Crippen MR) is 85.6 cm³/mol. The number of aryl methyl sites for hydroxylation is 1. The van der Waals surface area contributed by atoms with E-state index in [1.807, 2.05) is 19.1 Å². The van der Waals surface area contributed by atoms with E-state index in [0.717, 1.165) is 10.9 Å². The van der Waals surface area contributed by atoms with Gasteiger partial charge in [0.25, 0.3) is 5.91 Å². The molecule has 0 unspecified atom stereocenters. The molecule has 0 N–H and O–H groups in total. The number of benzene rings is 1. The molecule has 0 spiro atoms. The minimum atomic E-state index is -0.409. The molecular weight excluding hydrogens is 298 g/mol. The van der Waals surface area contributed by atoms with Crippen molar-refractivity contribution in [2.75, 3.05) is 27.8 Å². The Morgan fingerprint density at radius 2 is 2.00 bits per heavy atom. The SMILES string of the molecule is COC(=O)[C@H](C)CN(C)C(=O)c1oc2c(OC)cccc2c1C. The smallest absolute Gasteiger partial charge is 0.310 e. The van der Waals surface area contributed by atoms with Crippen LogP contribution in [0.5, 0.6) is 5.75 Å². The van der Waals surface area contributed by atoms with E-state index in [2.05, 4.69) is 4.74 Å². The number of hydrogen-bond acceptors (Lipinski definition) is 5. The summed E-state index contributed by atoms with van der Waals surface area (Å²) in [6.07, 6.45) is 0. The lowest BCUT2D eigenvalue weighted by Crippen LogP contribution is -2.34. The summed E-state index contributed by atoms with van der Waals surface area (Å²) < 4.78 is 15.7. The van der Waals surface area contributed by atoms with Crippen LogP contribution in [-0.4, -0.2) is 44.6 Å². The summed E-state index contributed by atoms with van der Waals surface area (Å²) in [6, 6.07) is 5.51. The van der Waals surface area contributed by atoms with Gasteiger partial charge < -0.3 is 18.8 Å². The Morgan fingerprint density at radius 3 is 2.61 bits per heavy atom. The van der Waals surface area contributed by atoms with Crippen molar-refractivity contribution < 1.29 is 23.5 Å². The molecule has 2 aromatic rings. The summed E-state index contributed by atoms with van der Waals surface area (Å²) in [6.45, 7) is 3.79. The first-order valence-electron chi connectivity index (χ1n) is 7.30. The Balaban J connectivity index is 2.31. The summed E-state index contributed by atoms with van der Waals surface area (Å²) in [7, 11) is 4.51. The van der Waals surface area contributed by atoms with Crippen molar-refractivity contribution in [3.63, 3.8) is 0 Å². The number of fused-ring (bicyclic) bond motifs is 1. The van der Waals surface area contributed by atoms with Crippen molar-refractivity contribution in [1.82, 2.24) is 4.90 Å². The molecule has 23 heavy (non-hydrogen) atoms. The molecule has 1 aromatic carbocycles. The highest BCUT2D eigenvalue weighted by Crippen LogP contribution is 2.32. The van der Waals surface area contributed by atoms with E-state index in [9.17, 15) is 9.59 Å². The lowest BCUT2D eigenvalue weighted by molar-refractivity contribution is -0.145. The summed E-state index contributed by atoms with van der Waals surface area (Å²) in [5.41, 5.74) is 1.30. The molecule has 0 bridgehead atoms. The molecule has 0 radical (unpaired) electrons. The number of carbonyl (C=O) groups is 2. The van der Waals surface area contributed by atoms with Gasteiger partial charge in [0, 0.05) is 24.5 Å². The summed E-state index contributed by atoms with van der Waals surface area (Å²) >= 11 is 0. The van der Waals surface area contributed by atoms with Gasteiger partial charge in [-0.3, -0.25) is 9.59 Å². The Kier molecular flexibility index (Phi) is 4.93. The van der Waals surface area contributed by atoms with E-state index < -0.39 is 5.92 Å². The standard InChI is InChI=1S/C17H21NO5/c1-10(17(20)22-5)9-18(3)16(19)14-11(2)12-7-6-8-13(21-4)15(12)23-14/h6-8,10H,9H2,1-5H3/t10-/m1/s1. The van der Waals surface area contributed by atoms with Gasteiger partial charge in [-0.05, 0) is 13.0 Å². The molecule has 1 atom stereocenters. The van der Waals surface area contributed by atoms with Crippen molar-refractivity contribution in [3.05, 3.63) is 29.5 Å². The van der Waals surface area contributed by atoms with Gasteiger partial charge in [0.1, 0.15) is 0 Å². The van der Waals surface area contributed by atoms with E-state index in [4.69, 9.17) is 9.15 Å². The number of methoxy groups -OCH3 is 2. The van der Waals surface area contributed by atoms with Crippen molar-refractivity contribution in [3.8, 4) is 5.75 Å². The molecular formula is C17H21NO5. The zero-order valence-electron chi connectivity index (χ0n) is 14.0. The van der Waals surface area contributed by atoms with Gasteiger partial charge in [-0.25, -0.2) is 0 Å². The number of hydrogen-bond donors (Lipinski definition) is 0. The Bertz CT molecular complexity index is 734. The fourth-order valence-electron chi connectivity index (χ4n) is 2.52. The first-order valence-corrected chi connectivity index (χ1v) is 7.30. The average Bonchev–Trinajstić information content (AvgIpc) is 2.90.